The van der Waals surface area contributed by atoms with Crippen LogP contribution in [0.3, 0.4) is 0 Å². The highest BCUT2D eigenvalue weighted by molar-refractivity contribution is 7.89. The number of hydrogen-bond donors (Lipinski definition) is 0. The summed E-state index contributed by atoms with van der Waals surface area (Å²) in [5.41, 5.74) is 1.35. The van der Waals surface area contributed by atoms with Crippen molar-refractivity contribution in [3.8, 4) is 0 Å². The number of benzene rings is 1. The number of hydrogen-bond acceptors (Lipinski definition) is 2. The molecule has 0 radical (unpaired) electrons. The second-order valence-corrected chi connectivity index (χ2v) is 11.9. The maximum absolute atomic E-state index is 12.8. The van der Waals surface area contributed by atoms with E-state index < -0.39 is 10.0 Å². The summed E-state index contributed by atoms with van der Waals surface area (Å²) in [6, 6.07) is 10.6. The van der Waals surface area contributed by atoms with Crippen LogP contribution in [0, 0.1) is 0 Å². The monoisotopic (exact) mass is 544 g/mol. The van der Waals surface area contributed by atoms with Gasteiger partial charge < -0.3 is 21.5 Å². The Morgan fingerprint density at radius 2 is 1.24 bits per heavy atom. The molecule has 0 aliphatic carbocycles. The van der Waals surface area contributed by atoms with Crippen LogP contribution < -0.4 is 17.0 Å². The normalized spacial score (nSPS) is 16.4. The molecule has 0 unspecified atom stereocenters. The highest BCUT2D eigenvalue weighted by Crippen LogP contribution is 2.21. The predicted octanol–water partition coefficient (Wildman–Crippen LogP) is 3.37. The van der Waals surface area contributed by atoms with E-state index in [2.05, 4.69) is 44.2 Å². The minimum atomic E-state index is -3.10. The van der Waals surface area contributed by atoms with Gasteiger partial charge in [0, 0.05) is 5.56 Å². The fourth-order valence-electron chi connectivity index (χ4n) is 4.96. The standard InChI is InChI=1S/C27H49N2O2S.BrH/c1-3-5-6-7-8-9-10-11-12-13-14-18-25-32(30,31)28-21-23-29(4-2,24-22-28)26-27-19-16-15-17-20-27;/h15-17,19-20H,3-14,18,21-26H2,1-2H3;1H/q+1;/p-1. The average Bonchev–Trinajstić information content (AvgIpc) is 2.81. The van der Waals surface area contributed by atoms with E-state index in [1.165, 1.54) is 69.8 Å². The van der Waals surface area contributed by atoms with Gasteiger partial charge in [-0.25, -0.2) is 8.42 Å². The van der Waals surface area contributed by atoms with Crippen LogP contribution >= 0.6 is 0 Å². The molecule has 6 heteroatoms. The minimum absolute atomic E-state index is 0. The Bertz CT molecular complexity index is 704. The van der Waals surface area contributed by atoms with Crippen molar-refractivity contribution >= 4 is 10.0 Å². The van der Waals surface area contributed by atoms with E-state index in [0.717, 1.165) is 43.5 Å². The van der Waals surface area contributed by atoms with Crippen LogP contribution in [0.1, 0.15) is 96.5 Å². The average molecular weight is 546 g/mol. The zero-order valence-electron chi connectivity index (χ0n) is 21.3. The zero-order chi connectivity index (χ0) is 23.1. The van der Waals surface area contributed by atoms with Crippen molar-refractivity contribution in [2.45, 2.75) is 97.4 Å². The van der Waals surface area contributed by atoms with Crippen LogP contribution in [0.5, 0.6) is 0 Å². The third-order valence-corrected chi connectivity index (χ3v) is 9.28. The summed E-state index contributed by atoms with van der Waals surface area (Å²) in [4.78, 5) is 0. The Morgan fingerprint density at radius 1 is 0.758 bits per heavy atom. The smallest absolute Gasteiger partial charge is 0.214 e. The molecule has 0 atom stereocenters. The fourth-order valence-corrected chi connectivity index (χ4v) is 6.51. The van der Waals surface area contributed by atoms with Crippen molar-refractivity contribution in [2.75, 3.05) is 38.5 Å². The summed E-state index contributed by atoms with van der Waals surface area (Å²) in [5.74, 6) is 0.329. The van der Waals surface area contributed by atoms with E-state index in [9.17, 15) is 8.42 Å². The molecule has 0 saturated carbocycles. The molecule has 192 valence electrons. The molecule has 0 spiro atoms. The Morgan fingerprint density at radius 3 is 1.73 bits per heavy atom. The first-order valence-corrected chi connectivity index (χ1v) is 15.0. The van der Waals surface area contributed by atoms with E-state index in [-0.39, 0.29) is 17.0 Å². The fraction of sp³-hybridized carbons (Fsp3) is 0.778. The van der Waals surface area contributed by atoms with Crippen molar-refractivity contribution in [1.82, 2.24) is 4.31 Å². The van der Waals surface area contributed by atoms with Crippen LogP contribution in [0.2, 0.25) is 0 Å². The molecule has 0 aromatic heterocycles. The molecule has 1 aliphatic heterocycles. The number of nitrogens with zero attached hydrogens (tertiary/aromatic N) is 2. The highest BCUT2D eigenvalue weighted by atomic mass is 79.9. The second kappa shape index (κ2) is 17.1. The summed E-state index contributed by atoms with van der Waals surface area (Å²) in [6.07, 6.45) is 15.2. The number of piperazine rings is 1. The van der Waals surface area contributed by atoms with Gasteiger partial charge in [0.25, 0.3) is 0 Å². The van der Waals surface area contributed by atoms with Gasteiger partial charge in [-0.3, -0.25) is 0 Å². The lowest BCUT2D eigenvalue weighted by Crippen LogP contribution is -3.00. The van der Waals surface area contributed by atoms with E-state index in [4.69, 9.17) is 0 Å². The topological polar surface area (TPSA) is 37.4 Å². The highest BCUT2D eigenvalue weighted by Gasteiger charge is 2.35. The lowest BCUT2D eigenvalue weighted by Gasteiger charge is -2.44. The maximum atomic E-state index is 12.8. The molecule has 0 N–H and O–H groups in total. The molecule has 4 nitrogen and oxygen atoms in total. The van der Waals surface area contributed by atoms with Gasteiger partial charge >= 0.3 is 0 Å². The first-order valence-electron chi connectivity index (χ1n) is 13.4. The van der Waals surface area contributed by atoms with Gasteiger partial charge in [0.2, 0.25) is 10.0 Å². The van der Waals surface area contributed by atoms with Crippen LogP contribution in [0.15, 0.2) is 30.3 Å². The summed E-state index contributed by atoms with van der Waals surface area (Å²) >= 11 is 0. The Hall–Kier alpha value is -0.430. The lowest BCUT2D eigenvalue weighted by atomic mass is 10.1. The molecular weight excluding hydrogens is 496 g/mol. The molecule has 2 rings (SSSR count). The van der Waals surface area contributed by atoms with E-state index in [1.54, 1.807) is 4.31 Å². The number of unbranched alkanes of at least 4 members (excludes halogenated alkanes) is 11. The third kappa shape index (κ3) is 11.7. The molecule has 1 aromatic rings. The molecule has 1 fully saturated rings. The Kier molecular flexibility index (Phi) is 15.8. The number of sulfonamides is 1. The van der Waals surface area contributed by atoms with Gasteiger partial charge in [-0.15, -0.1) is 0 Å². The summed E-state index contributed by atoms with van der Waals surface area (Å²) < 4.78 is 28.4. The largest absolute Gasteiger partial charge is 1.00 e. The predicted molar refractivity (Wildman–Crippen MR) is 137 cm³/mol. The quantitative estimate of drug-likeness (QED) is 0.222. The molecular formula is C27H49BrN2O2S. The summed E-state index contributed by atoms with van der Waals surface area (Å²) in [6.45, 7) is 9.74. The van der Waals surface area contributed by atoms with Gasteiger partial charge in [0.05, 0.1) is 38.5 Å². The van der Waals surface area contributed by atoms with Crippen LogP contribution in [0.25, 0.3) is 0 Å². The Labute approximate surface area is 215 Å². The van der Waals surface area contributed by atoms with E-state index in [0.29, 0.717) is 18.8 Å². The van der Waals surface area contributed by atoms with Crippen LogP contribution in [-0.4, -0.2) is 55.7 Å². The number of quaternary nitrogens is 1. The maximum Gasteiger partial charge on any atom is 0.214 e. The second-order valence-electron chi connectivity index (χ2n) is 9.85. The first kappa shape index (κ1) is 30.6. The van der Waals surface area contributed by atoms with Crippen molar-refractivity contribution in [1.29, 1.82) is 0 Å². The summed E-state index contributed by atoms with van der Waals surface area (Å²) in [5, 5.41) is 0. The number of likely N-dealkylation sites (N-methyl/N-ethyl adjacent to an activating group) is 1. The van der Waals surface area contributed by atoms with Gasteiger partial charge in [0.15, 0.2) is 0 Å². The molecule has 0 bridgehead atoms. The molecule has 1 saturated heterocycles. The minimum Gasteiger partial charge on any atom is -1.00 e. The van der Waals surface area contributed by atoms with Gasteiger partial charge in [0.1, 0.15) is 6.54 Å². The summed E-state index contributed by atoms with van der Waals surface area (Å²) in [7, 11) is -3.10. The van der Waals surface area contributed by atoms with Gasteiger partial charge in [-0.1, -0.05) is 108 Å². The zero-order valence-corrected chi connectivity index (χ0v) is 23.7. The van der Waals surface area contributed by atoms with Crippen LogP contribution in [-0.2, 0) is 16.6 Å². The molecule has 0 amide bonds. The third-order valence-electron chi connectivity index (χ3n) is 7.33. The lowest BCUT2D eigenvalue weighted by molar-refractivity contribution is -0.942. The van der Waals surface area contributed by atoms with E-state index >= 15 is 0 Å². The molecule has 1 aliphatic rings. The number of halogens is 1. The van der Waals surface area contributed by atoms with Crippen molar-refractivity contribution in [3.05, 3.63) is 35.9 Å². The van der Waals surface area contributed by atoms with E-state index in [1.807, 2.05) is 0 Å². The SMILES string of the molecule is CCCCCCCCCCCCCCS(=O)(=O)N1CC[N+](CC)(Cc2ccccc2)CC1.[Br-]. The molecule has 33 heavy (non-hydrogen) atoms. The van der Waals surface area contributed by atoms with Gasteiger partial charge in [-0.05, 0) is 13.3 Å². The van der Waals surface area contributed by atoms with Gasteiger partial charge in [-0.2, -0.15) is 4.31 Å². The Balaban J connectivity index is 0.00000544. The van der Waals surface area contributed by atoms with Crippen molar-refractivity contribution < 1.29 is 29.9 Å². The molecule has 1 aromatic carbocycles. The van der Waals surface area contributed by atoms with Crippen molar-refractivity contribution in [2.24, 2.45) is 0 Å². The van der Waals surface area contributed by atoms with Crippen LogP contribution in [0.4, 0.5) is 0 Å². The molecule has 1 heterocycles. The number of rotatable bonds is 17. The first-order chi connectivity index (χ1) is 15.5. The van der Waals surface area contributed by atoms with Crippen molar-refractivity contribution in [3.63, 3.8) is 0 Å².